The largest absolute Gasteiger partial charge is 0.355 e. The van der Waals surface area contributed by atoms with Crippen molar-refractivity contribution in [1.82, 2.24) is 25.2 Å². The van der Waals surface area contributed by atoms with Crippen LogP contribution in [0.4, 0.5) is 0 Å². The molecule has 31 heavy (non-hydrogen) atoms. The zero-order chi connectivity index (χ0) is 21.1. The van der Waals surface area contributed by atoms with Crippen LogP contribution in [0.5, 0.6) is 0 Å². The maximum Gasteiger partial charge on any atom is 0.251 e. The van der Waals surface area contributed by atoms with E-state index in [1.807, 2.05) is 6.20 Å². The molecule has 6 rings (SSSR count). The molecule has 5 atom stereocenters. The highest BCUT2D eigenvalue weighted by molar-refractivity contribution is 5.95. The summed E-state index contributed by atoms with van der Waals surface area (Å²) in [5, 5.41) is 7.75. The number of hydrogen-bond acceptors (Lipinski definition) is 4. The Balaban J connectivity index is 1.34. The Morgan fingerprint density at radius 1 is 1.13 bits per heavy atom. The lowest BCUT2D eigenvalue weighted by Crippen LogP contribution is -2.37. The summed E-state index contributed by atoms with van der Waals surface area (Å²) >= 11 is 0. The molecule has 0 spiro atoms. The van der Waals surface area contributed by atoms with Gasteiger partial charge in [-0.2, -0.15) is 0 Å². The molecule has 1 amide bonds. The molecular formula is C25H29N5O. The second-order valence-electron chi connectivity index (χ2n) is 9.64. The number of hydrogen-bond donors (Lipinski definition) is 2. The molecule has 2 aromatic heterocycles. The van der Waals surface area contributed by atoms with Crippen LogP contribution < -0.4 is 10.6 Å². The van der Waals surface area contributed by atoms with E-state index in [0.29, 0.717) is 29.8 Å². The molecule has 0 radical (unpaired) electrons. The van der Waals surface area contributed by atoms with E-state index >= 15 is 0 Å². The van der Waals surface area contributed by atoms with Crippen molar-refractivity contribution >= 4 is 16.9 Å². The van der Waals surface area contributed by atoms with Gasteiger partial charge in [-0.05, 0) is 72.6 Å². The third-order valence-corrected chi connectivity index (χ3v) is 7.75. The second kappa shape index (κ2) is 7.16. The third-order valence-electron chi connectivity index (χ3n) is 7.75. The molecule has 3 aliphatic rings. The number of carbonyl (C=O) groups is 1. The molecule has 6 heteroatoms. The fourth-order valence-electron chi connectivity index (χ4n) is 6.15. The Morgan fingerprint density at radius 3 is 2.71 bits per heavy atom. The Labute approximate surface area is 182 Å². The number of fused-ring (bicyclic) bond motifs is 3. The highest BCUT2D eigenvalue weighted by Crippen LogP contribution is 2.56. The maximum absolute atomic E-state index is 12.6. The molecule has 2 N–H and O–H groups in total. The normalized spacial score (nSPS) is 29.3. The van der Waals surface area contributed by atoms with Crippen LogP contribution in [-0.4, -0.2) is 39.6 Å². The topological polar surface area (TPSA) is 71.8 Å². The van der Waals surface area contributed by atoms with Crippen LogP contribution in [0.3, 0.4) is 0 Å². The zero-order valence-corrected chi connectivity index (χ0v) is 18.1. The van der Waals surface area contributed by atoms with Crippen LogP contribution in [0.2, 0.25) is 0 Å². The SMILES string of the molecule is CNC(=O)c1ccc(C2CC2c2cn(C)c3ncncc23)cc1C1C[C@H]2CC[C@@H](C1)N2. The van der Waals surface area contributed by atoms with Gasteiger partial charge < -0.3 is 15.2 Å². The van der Waals surface area contributed by atoms with Gasteiger partial charge in [-0.15, -0.1) is 0 Å². The van der Waals surface area contributed by atoms with E-state index < -0.39 is 0 Å². The molecule has 1 saturated carbocycles. The van der Waals surface area contributed by atoms with Crippen molar-refractivity contribution in [3.8, 4) is 0 Å². The molecule has 2 bridgehead atoms. The van der Waals surface area contributed by atoms with Gasteiger partial charge in [0.25, 0.3) is 5.91 Å². The van der Waals surface area contributed by atoms with Crippen molar-refractivity contribution in [3.63, 3.8) is 0 Å². The summed E-state index contributed by atoms with van der Waals surface area (Å²) in [7, 11) is 3.78. The fraction of sp³-hybridized carbons (Fsp3) is 0.480. The molecule has 160 valence electrons. The van der Waals surface area contributed by atoms with Crippen LogP contribution in [0.15, 0.2) is 36.9 Å². The minimum Gasteiger partial charge on any atom is -0.355 e. The molecule has 3 fully saturated rings. The Kier molecular flexibility index (Phi) is 4.39. The summed E-state index contributed by atoms with van der Waals surface area (Å²) in [5.41, 5.74) is 5.82. The van der Waals surface area contributed by atoms with E-state index in [0.717, 1.165) is 35.9 Å². The summed E-state index contributed by atoms with van der Waals surface area (Å²) in [4.78, 5) is 21.3. The summed E-state index contributed by atoms with van der Waals surface area (Å²) in [5.74, 6) is 1.50. The van der Waals surface area contributed by atoms with Crippen molar-refractivity contribution in [2.75, 3.05) is 7.05 Å². The van der Waals surface area contributed by atoms with Gasteiger partial charge in [0.2, 0.25) is 0 Å². The van der Waals surface area contributed by atoms with Gasteiger partial charge in [-0.3, -0.25) is 4.79 Å². The van der Waals surface area contributed by atoms with Gasteiger partial charge in [0.1, 0.15) is 12.0 Å². The third kappa shape index (κ3) is 3.16. The lowest BCUT2D eigenvalue weighted by molar-refractivity contribution is 0.0961. The molecule has 2 aliphatic heterocycles. The molecule has 1 aromatic carbocycles. The molecule has 3 aromatic rings. The minimum atomic E-state index is 0.0333. The van der Waals surface area contributed by atoms with E-state index in [2.05, 4.69) is 56.6 Å². The van der Waals surface area contributed by atoms with Gasteiger partial charge in [-0.1, -0.05) is 12.1 Å². The smallest absolute Gasteiger partial charge is 0.251 e. The van der Waals surface area contributed by atoms with E-state index in [1.54, 1.807) is 13.4 Å². The van der Waals surface area contributed by atoms with E-state index in [-0.39, 0.29) is 5.91 Å². The van der Waals surface area contributed by atoms with Crippen LogP contribution in [-0.2, 0) is 7.05 Å². The summed E-state index contributed by atoms with van der Waals surface area (Å²) < 4.78 is 2.10. The molecule has 4 heterocycles. The van der Waals surface area contributed by atoms with Crippen LogP contribution in [0.25, 0.3) is 11.0 Å². The highest BCUT2D eigenvalue weighted by Gasteiger charge is 2.42. The maximum atomic E-state index is 12.6. The average molecular weight is 416 g/mol. The van der Waals surface area contributed by atoms with E-state index in [1.165, 1.54) is 29.5 Å². The number of nitrogens with one attached hydrogen (secondary N) is 2. The van der Waals surface area contributed by atoms with Gasteiger partial charge in [0, 0.05) is 49.5 Å². The fourth-order valence-corrected chi connectivity index (χ4v) is 6.15. The number of piperidine rings is 1. The summed E-state index contributed by atoms with van der Waals surface area (Å²) in [6.45, 7) is 0. The number of aromatic nitrogens is 3. The Bertz CT molecular complexity index is 1160. The summed E-state index contributed by atoms with van der Waals surface area (Å²) in [6.07, 6.45) is 11.7. The lowest BCUT2D eigenvalue weighted by atomic mass is 9.82. The predicted molar refractivity (Wildman–Crippen MR) is 120 cm³/mol. The molecule has 2 saturated heterocycles. The van der Waals surface area contributed by atoms with Gasteiger partial charge in [-0.25, -0.2) is 9.97 Å². The molecule has 1 aliphatic carbocycles. The van der Waals surface area contributed by atoms with Crippen molar-refractivity contribution < 1.29 is 4.79 Å². The van der Waals surface area contributed by atoms with Crippen LogP contribution >= 0.6 is 0 Å². The van der Waals surface area contributed by atoms with Crippen LogP contribution in [0.1, 0.15) is 76.9 Å². The number of nitrogens with zero attached hydrogens (tertiary/aromatic N) is 3. The van der Waals surface area contributed by atoms with E-state index in [4.69, 9.17) is 0 Å². The highest BCUT2D eigenvalue weighted by atomic mass is 16.1. The van der Waals surface area contributed by atoms with Crippen molar-refractivity contribution in [1.29, 1.82) is 0 Å². The van der Waals surface area contributed by atoms with Crippen molar-refractivity contribution in [2.24, 2.45) is 7.05 Å². The first-order chi connectivity index (χ1) is 15.1. The van der Waals surface area contributed by atoms with Gasteiger partial charge >= 0.3 is 0 Å². The van der Waals surface area contributed by atoms with Gasteiger partial charge in [0.05, 0.1) is 0 Å². The zero-order valence-electron chi connectivity index (χ0n) is 18.1. The first-order valence-electron chi connectivity index (χ1n) is 11.5. The van der Waals surface area contributed by atoms with Gasteiger partial charge in [0.15, 0.2) is 0 Å². The van der Waals surface area contributed by atoms with Crippen molar-refractivity contribution in [2.45, 2.75) is 61.9 Å². The van der Waals surface area contributed by atoms with Crippen molar-refractivity contribution in [3.05, 3.63) is 59.2 Å². The lowest BCUT2D eigenvalue weighted by Gasteiger charge is -2.30. The quantitative estimate of drug-likeness (QED) is 0.683. The number of amides is 1. The average Bonchev–Trinajstić information content (AvgIpc) is 3.44. The van der Waals surface area contributed by atoms with E-state index in [9.17, 15) is 4.79 Å². The number of aryl methyl sites for hydroxylation is 1. The predicted octanol–water partition coefficient (Wildman–Crippen LogP) is 3.60. The monoisotopic (exact) mass is 415 g/mol. The second-order valence-corrected chi connectivity index (χ2v) is 9.64. The molecule has 6 nitrogen and oxygen atoms in total. The number of benzene rings is 1. The minimum absolute atomic E-state index is 0.0333. The molecule has 3 unspecified atom stereocenters. The number of rotatable bonds is 4. The molecular weight excluding hydrogens is 386 g/mol. The number of carbonyl (C=O) groups excluding carboxylic acids is 1. The first-order valence-corrected chi connectivity index (χ1v) is 11.5. The van der Waals surface area contributed by atoms with Crippen LogP contribution in [0, 0.1) is 0 Å². The first kappa shape index (κ1) is 19.0. The Hall–Kier alpha value is -2.73. The standard InChI is InChI=1S/C25H29N5O/c1-26-25(31)18-6-3-14(9-19(18)15-7-16-4-5-17(8-15)29-16)20-10-21(20)23-12-30(2)24-22(23)11-27-13-28-24/h3,6,9,11-13,15-17,20-21,29H,4-5,7-8,10H2,1-2H3,(H,26,31)/t15?,16-,17+,20?,21?. The Morgan fingerprint density at radius 2 is 1.94 bits per heavy atom. The summed E-state index contributed by atoms with van der Waals surface area (Å²) in [6, 6.07) is 7.81.